The SMILES string of the molecule is CCOC(=O)c1c(C)[nH]c(CCC(=O)Nc2ccc(F)cc2C)c1C. The van der Waals surface area contributed by atoms with Crippen molar-refractivity contribution in [3.8, 4) is 0 Å². The standard InChI is InChI=1S/C19H23FN2O3/c1-5-25-19(24)18-12(3)16(21-13(18)4)8-9-17(23)22-15-7-6-14(20)10-11(15)2/h6-7,10,21H,5,8-9H2,1-4H3,(H,22,23). The van der Waals surface area contributed by atoms with E-state index in [1.165, 1.54) is 12.1 Å². The number of aryl methyl sites for hydroxylation is 3. The Balaban J connectivity index is 2.02. The number of carbonyl (C=O) groups is 2. The molecule has 1 heterocycles. The van der Waals surface area contributed by atoms with Gasteiger partial charge in [-0.05, 0) is 63.4 Å². The molecule has 0 aliphatic carbocycles. The number of amides is 1. The number of hydrogen-bond acceptors (Lipinski definition) is 3. The van der Waals surface area contributed by atoms with E-state index in [0.717, 1.165) is 17.0 Å². The highest BCUT2D eigenvalue weighted by Gasteiger charge is 2.19. The topological polar surface area (TPSA) is 71.2 Å². The fourth-order valence-electron chi connectivity index (χ4n) is 2.79. The number of rotatable bonds is 6. The van der Waals surface area contributed by atoms with Crippen molar-refractivity contribution < 1.29 is 18.7 Å². The first-order valence-electron chi connectivity index (χ1n) is 8.24. The number of nitrogens with one attached hydrogen (secondary N) is 2. The summed E-state index contributed by atoms with van der Waals surface area (Å²) >= 11 is 0. The number of hydrogen-bond donors (Lipinski definition) is 2. The average molecular weight is 346 g/mol. The second-order valence-corrected chi connectivity index (χ2v) is 5.96. The van der Waals surface area contributed by atoms with Crippen molar-refractivity contribution in [2.45, 2.75) is 40.5 Å². The Kier molecular flexibility index (Phi) is 5.96. The molecular weight excluding hydrogens is 323 g/mol. The van der Waals surface area contributed by atoms with Crippen LogP contribution in [-0.4, -0.2) is 23.5 Å². The molecule has 0 fully saturated rings. The third kappa shape index (κ3) is 4.47. The normalized spacial score (nSPS) is 10.6. The maximum absolute atomic E-state index is 13.1. The molecular formula is C19H23FN2O3. The van der Waals surface area contributed by atoms with E-state index in [9.17, 15) is 14.0 Å². The van der Waals surface area contributed by atoms with Crippen LogP contribution in [0.15, 0.2) is 18.2 Å². The molecule has 6 heteroatoms. The van der Waals surface area contributed by atoms with Gasteiger partial charge in [-0.1, -0.05) is 0 Å². The van der Waals surface area contributed by atoms with Crippen LogP contribution in [0.25, 0.3) is 0 Å². The Labute approximate surface area is 146 Å². The van der Waals surface area contributed by atoms with E-state index in [1.807, 2.05) is 13.8 Å². The van der Waals surface area contributed by atoms with Gasteiger partial charge in [-0.3, -0.25) is 4.79 Å². The van der Waals surface area contributed by atoms with Gasteiger partial charge in [-0.15, -0.1) is 0 Å². The highest BCUT2D eigenvalue weighted by molar-refractivity contribution is 5.93. The van der Waals surface area contributed by atoms with Crippen LogP contribution >= 0.6 is 0 Å². The lowest BCUT2D eigenvalue weighted by Gasteiger charge is -2.08. The minimum atomic E-state index is -0.355. The summed E-state index contributed by atoms with van der Waals surface area (Å²) in [6.45, 7) is 7.47. The summed E-state index contributed by atoms with van der Waals surface area (Å²) < 4.78 is 18.2. The van der Waals surface area contributed by atoms with E-state index in [2.05, 4.69) is 10.3 Å². The van der Waals surface area contributed by atoms with Gasteiger partial charge in [0.25, 0.3) is 0 Å². The first-order valence-corrected chi connectivity index (χ1v) is 8.24. The van der Waals surface area contributed by atoms with E-state index >= 15 is 0 Å². The van der Waals surface area contributed by atoms with Gasteiger partial charge in [0.1, 0.15) is 5.82 Å². The molecule has 134 valence electrons. The quantitative estimate of drug-likeness (QED) is 0.781. The summed E-state index contributed by atoms with van der Waals surface area (Å²) in [6.07, 6.45) is 0.720. The number of aromatic nitrogens is 1. The summed E-state index contributed by atoms with van der Waals surface area (Å²) in [7, 11) is 0. The molecule has 2 N–H and O–H groups in total. The Bertz CT molecular complexity index is 796. The van der Waals surface area contributed by atoms with Gasteiger partial charge in [0, 0.05) is 23.5 Å². The number of esters is 1. The maximum Gasteiger partial charge on any atom is 0.340 e. The zero-order valence-corrected chi connectivity index (χ0v) is 15.0. The zero-order valence-electron chi connectivity index (χ0n) is 15.0. The Morgan fingerprint density at radius 3 is 2.60 bits per heavy atom. The van der Waals surface area contributed by atoms with Crippen LogP contribution in [0.2, 0.25) is 0 Å². The minimum absolute atomic E-state index is 0.168. The number of ether oxygens (including phenoxy) is 1. The van der Waals surface area contributed by atoms with Gasteiger partial charge in [0.05, 0.1) is 12.2 Å². The third-order valence-electron chi connectivity index (χ3n) is 4.09. The van der Waals surface area contributed by atoms with Crippen LogP contribution in [-0.2, 0) is 16.0 Å². The molecule has 5 nitrogen and oxygen atoms in total. The lowest BCUT2D eigenvalue weighted by atomic mass is 10.1. The Morgan fingerprint density at radius 1 is 1.24 bits per heavy atom. The lowest BCUT2D eigenvalue weighted by Crippen LogP contribution is -2.13. The smallest absolute Gasteiger partial charge is 0.340 e. The highest BCUT2D eigenvalue weighted by Crippen LogP contribution is 2.21. The van der Waals surface area contributed by atoms with Crippen LogP contribution in [0.4, 0.5) is 10.1 Å². The molecule has 0 unspecified atom stereocenters. The van der Waals surface area contributed by atoms with E-state index in [-0.39, 0.29) is 24.1 Å². The molecule has 0 saturated carbocycles. The van der Waals surface area contributed by atoms with E-state index in [4.69, 9.17) is 4.74 Å². The second-order valence-electron chi connectivity index (χ2n) is 5.96. The molecule has 0 radical (unpaired) electrons. The van der Waals surface area contributed by atoms with Crippen molar-refractivity contribution >= 4 is 17.6 Å². The van der Waals surface area contributed by atoms with E-state index in [0.29, 0.717) is 29.8 Å². The van der Waals surface area contributed by atoms with Gasteiger partial charge in [0.2, 0.25) is 5.91 Å². The molecule has 0 aliphatic heterocycles. The van der Waals surface area contributed by atoms with Crippen molar-refractivity contribution in [2.24, 2.45) is 0 Å². The van der Waals surface area contributed by atoms with Crippen molar-refractivity contribution in [1.82, 2.24) is 4.98 Å². The number of benzene rings is 1. The summed E-state index contributed by atoms with van der Waals surface area (Å²) in [5, 5.41) is 2.78. The molecule has 0 aliphatic rings. The summed E-state index contributed by atoms with van der Waals surface area (Å²) in [5.74, 6) is -0.857. The predicted molar refractivity (Wildman–Crippen MR) is 94.3 cm³/mol. The molecule has 0 saturated heterocycles. The third-order valence-corrected chi connectivity index (χ3v) is 4.09. The lowest BCUT2D eigenvalue weighted by molar-refractivity contribution is -0.116. The largest absolute Gasteiger partial charge is 0.462 e. The Morgan fingerprint density at radius 2 is 1.96 bits per heavy atom. The second kappa shape index (κ2) is 7.96. The van der Waals surface area contributed by atoms with Gasteiger partial charge < -0.3 is 15.0 Å². The molecule has 1 amide bonds. The minimum Gasteiger partial charge on any atom is -0.462 e. The van der Waals surface area contributed by atoms with Gasteiger partial charge in [0.15, 0.2) is 0 Å². The van der Waals surface area contributed by atoms with Gasteiger partial charge in [-0.2, -0.15) is 0 Å². The fourth-order valence-corrected chi connectivity index (χ4v) is 2.79. The van der Waals surface area contributed by atoms with Crippen LogP contribution in [0.1, 0.15) is 46.2 Å². The van der Waals surface area contributed by atoms with Crippen molar-refractivity contribution in [3.63, 3.8) is 0 Å². The van der Waals surface area contributed by atoms with Crippen LogP contribution in [0, 0.1) is 26.6 Å². The summed E-state index contributed by atoms with van der Waals surface area (Å²) in [6, 6.07) is 4.23. The van der Waals surface area contributed by atoms with Gasteiger partial charge >= 0.3 is 5.97 Å². The zero-order chi connectivity index (χ0) is 18.6. The average Bonchev–Trinajstić information content (AvgIpc) is 2.82. The van der Waals surface area contributed by atoms with Crippen molar-refractivity contribution in [3.05, 3.63) is 52.1 Å². The molecule has 1 aromatic carbocycles. The maximum atomic E-state index is 13.1. The van der Waals surface area contributed by atoms with Gasteiger partial charge in [-0.25, -0.2) is 9.18 Å². The number of anilines is 1. The fraction of sp³-hybridized carbons (Fsp3) is 0.368. The predicted octanol–water partition coefficient (Wildman–Crippen LogP) is 3.83. The van der Waals surface area contributed by atoms with Crippen molar-refractivity contribution in [1.29, 1.82) is 0 Å². The van der Waals surface area contributed by atoms with E-state index < -0.39 is 0 Å². The number of H-pyrrole nitrogens is 1. The molecule has 2 rings (SSSR count). The van der Waals surface area contributed by atoms with E-state index in [1.54, 1.807) is 19.9 Å². The Hall–Kier alpha value is -2.63. The molecule has 2 aromatic rings. The first kappa shape index (κ1) is 18.7. The number of halogens is 1. The highest BCUT2D eigenvalue weighted by atomic mass is 19.1. The van der Waals surface area contributed by atoms with Crippen LogP contribution in [0.5, 0.6) is 0 Å². The van der Waals surface area contributed by atoms with Crippen LogP contribution in [0.3, 0.4) is 0 Å². The molecule has 0 bridgehead atoms. The molecule has 1 aromatic heterocycles. The number of aromatic amines is 1. The summed E-state index contributed by atoms with van der Waals surface area (Å²) in [4.78, 5) is 27.3. The monoisotopic (exact) mass is 346 g/mol. The first-order chi connectivity index (χ1) is 11.8. The summed E-state index contributed by atoms with van der Waals surface area (Å²) in [5.41, 5.74) is 4.18. The number of carbonyl (C=O) groups excluding carboxylic acids is 2. The molecule has 25 heavy (non-hydrogen) atoms. The molecule has 0 atom stereocenters. The van der Waals surface area contributed by atoms with Crippen molar-refractivity contribution in [2.75, 3.05) is 11.9 Å². The van der Waals surface area contributed by atoms with Crippen LogP contribution < -0.4 is 5.32 Å². The molecule has 0 spiro atoms.